The van der Waals surface area contributed by atoms with Crippen LogP contribution in [0.25, 0.3) is 0 Å². The number of carbonyl (C=O) groups is 2. The van der Waals surface area contributed by atoms with Crippen LogP contribution in [0.2, 0.25) is 0 Å². The summed E-state index contributed by atoms with van der Waals surface area (Å²) in [6.45, 7) is 0.451. The summed E-state index contributed by atoms with van der Waals surface area (Å²) in [5.41, 5.74) is 3.49. The number of rotatable bonds is 4. The van der Waals surface area contributed by atoms with E-state index in [0.29, 0.717) is 12.1 Å². The van der Waals surface area contributed by atoms with E-state index in [4.69, 9.17) is 5.11 Å². The van der Waals surface area contributed by atoms with Crippen molar-refractivity contribution in [1.29, 1.82) is 0 Å². The number of benzene rings is 3. The highest BCUT2D eigenvalue weighted by Gasteiger charge is 2.32. The zero-order valence-electron chi connectivity index (χ0n) is 14.5. The average molecular weight is 358 g/mol. The fraction of sp³-hybridized carbons (Fsp3) is 0.0909. The molecule has 134 valence electrons. The molecule has 1 aliphatic heterocycles. The lowest BCUT2D eigenvalue weighted by molar-refractivity contribution is 0.0662. The van der Waals surface area contributed by atoms with E-state index in [9.17, 15) is 9.59 Å². The van der Waals surface area contributed by atoms with Gasteiger partial charge in [0, 0.05) is 12.2 Å². The molecular weight excluding hydrogens is 340 g/mol. The van der Waals surface area contributed by atoms with E-state index in [-0.39, 0.29) is 17.6 Å². The fourth-order valence-corrected chi connectivity index (χ4v) is 3.31. The average Bonchev–Trinajstić information content (AvgIpc) is 2.71. The van der Waals surface area contributed by atoms with Crippen LogP contribution in [0.3, 0.4) is 0 Å². The van der Waals surface area contributed by atoms with Crippen LogP contribution in [0.4, 0.5) is 5.69 Å². The molecule has 1 heterocycles. The van der Waals surface area contributed by atoms with Gasteiger partial charge in [0.1, 0.15) is 6.17 Å². The molecule has 1 amide bonds. The molecule has 1 atom stereocenters. The van der Waals surface area contributed by atoms with E-state index in [1.807, 2.05) is 54.6 Å². The number of fused-ring (bicyclic) bond motifs is 1. The minimum absolute atomic E-state index is 0.0551. The zero-order valence-corrected chi connectivity index (χ0v) is 14.5. The molecule has 0 saturated heterocycles. The predicted octanol–water partition coefficient (Wildman–Crippen LogP) is 4.15. The van der Waals surface area contributed by atoms with Gasteiger partial charge in [-0.05, 0) is 35.4 Å². The molecule has 0 aromatic heterocycles. The summed E-state index contributed by atoms with van der Waals surface area (Å²) in [6.07, 6.45) is -0.379. The number of nitrogens with zero attached hydrogens (tertiary/aromatic N) is 1. The summed E-state index contributed by atoms with van der Waals surface area (Å²) in [7, 11) is 0. The number of anilines is 1. The van der Waals surface area contributed by atoms with Gasteiger partial charge in [0.05, 0.1) is 11.1 Å². The van der Waals surface area contributed by atoms with Gasteiger partial charge >= 0.3 is 5.97 Å². The van der Waals surface area contributed by atoms with Crippen LogP contribution in [0.5, 0.6) is 0 Å². The van der Waals surface area contributed by atoms with E-state index in [0.717, 1.165) is 16.8 Å². The van der Waals surface area contributed by atoms with Crippen LogP contribution in [0.1, 0.15) is 38.0 Å². The van der Waals surface area contributed by atoms with Crippen LogP contribution in [-0.4, -0.2) is 21.9 Å². The van der Waals surface area contributed by atoms with Crippen molar-refractivity contribution < 1.29 is 14.7 Å². The van der Waals surface area contributed by atoms with Crippen LogP contribution in [-0.2, 0) is 6.54 Å². The maximum atomic E-state index is 13.2. The monoisotopic (exact) mass is 358 g/mol. The van der Waals surface area contributed by atoms with Crippen molar-refractivity contribution in [3.63, 3.8) is 0 Å². The van der Waals surface area contributed by atoms with Gasteiger partial charge in [0.25, 0.3) is 5.91 Å². The first-order valence-corrected chi connectivity index (χ1v) is 8.67. The highest BCUT2D eigenvalue weighted by molar-refractivity contribution is 6.01. The van der Waals surface area contributed by atoms with E-state index in [2.05, 4.69) is 5.32 Å². The molecule has 27 heavy (non-hydrogen) atoms. The Bertz CT molecular complexity index is 984. The first-order chi connectivity index (χ1) is 13.1. The molecule has 3 aromatic carbocycles. The van der Waals surface area contributed by atoms with Crippen LogP contribution in [0.15, 0.2) is 78.9 Å². The third-order valence-corrected chi connectivity index (χ3v) is 4.69. The second kappa shape index (κ2) is 6.96. The SMILES string of the molecule is O=C(O)c1ccc([C@H]2Nc3ccccc3C(=O)N2Cc2ccccc2)cc1. The molecule has 0 unspecified atom stereocenters. The fourth-order valence-electron chi connectivity index (χ4n) is 3.31. The molecule has 0 bridgehead atoms. The Labute approximate surface area is 156 Å². The number of hydrogen-bond donors (Lipinski definition) is 2. The number of hydrogen-bond acceptors (Lipinski definition) is 3. The largest absolute Gasteiger partial charge is 0.478 e. The lowest BCUT2D eigenvalue weighted by Gasteiger charge is -2.38. The van der Waals surface area contributed by atoms with Gasteiger partial charge in [-0.1, -0.05) is 54.6 Å². The van der Waals surface area contributed by atoms with Crippen molar-refractivity contribution >= 4 is 17.6 Å². The molecular formula is C22H18N2O3. The van der Waals surface area contributed by atoms with E-state index in [1.165, 1.54) is 0 Å². The first-order valence-electron chi connectivity index (χ1n) is 8.67. The van der Waals surface area contributed by atoms with Crippen molar-refractivity contribution in [2.24, 2.45) is 0 Å². The summed E-state index contributed by atoms with van der Waals surface area (Å²) in [4.78, 5) is 26.1. The Morgan fingerprint density at radius 1 is 0.926 bits per heavy atom. The van der Waals surface area contributed by atoms with Crippen LogP contribution < -0.4 is 5.32 Å². The second-order valence-electron chi connectivity index (χ2n) is 6.44. The van der Waals surface area contributed by atoms with Crippen molar-refractivity contribution in [2.45, 2.75) is 12.7 Å². The van der Waals surface area contributed by atoms with Gasteiger partial charge in [-0.15, -0.1) is 0 Å². The van der Waals surface area contributed by atoms with Gasteiger partial charge in [0.2, 0.25) is 0 Å². The Morgan fingerprint density at radius 3 is 2.30 bits per heavy atom. The summed E-state index contributed by atoms with van der Waals surface area (Å²) in [6, 6.07) is 23.9. The third-order valence-electron chi connectivity index (χ3n) is 4.69. The molecule has 4 rings (SSSR count). The molecule has 0 fully saturated rings. The molecule has 0 radical (unpaired) electrons. The van der Waals surface area contributed by atoms with Gasteiger partial charge < -0.3 is 15.3 Å². The van der Waals surface area contributed by atoms with E-state index < -0.39 is 5.97 Å². The number of nitrogens with one attached hydrogen (secondary N) is 1. The molecule has 0 aliphatic carbocycles. The van der Waals surface area contributed by atoms with E-state index in [1.54, 1.807) is 29.2 Å². The minimum Gasteiger partial charge on any atom is -0.478 e. The van der Waals surface area contributed by atoms with Crippen molar-refractivity contribution in [3.8, 4) is 0 Å². The lowest BCUT2D eigenvalue weighted by Crippen LogP contribution is -2.42. The highest BCUT2D eigenvalue weighted by atomic mass is 16.4. The predicted molar refractivity (Wildman–Crippen MR) is 103 cm³/mol. The Morgan fingerprint density at radius 2 is 1.59 bits per heavy atom. The molecule has 1 aliphatic rings. The number of carbonyl (C=O) groups excluding carboxylic acids is 1. The Kier molecular flexibility index (Phi) is 4.34. The van der Waals surface area contributed by atoms with Crippen LogP contribution in [0, 0.1) is 0 Å². The number of carboxylic acid groups (broad SMARTS) is 1. The van der Waals surface area contributed by atoms with Crippen molar-refractivity contribution in [1.82, 2.24) is 4.90 Å². The molecule has 3 aromatic rings. The van der Waals surface area contributed by atoms with E-state index >= 15 is 0 Å². The number of carboxylic acids is 1. The quantitative estimate of drug-likeness (QED) is 0.735. The molecule has 5 heteroatoms. The maximum Gasteiger partial charge on any atom is 0.335 e. The number of aromatic carboxylic acids is 1. The van der Waals surface area contributed by atoms with Crippen LogP contribution >= 0.6 is 0 Å². The number of amides is 1. The maximum absolute atomic E-state index is 13.2. The minimum atomic E-state index is -0.972. The van der Waals surface area contributed by atoms with Crippen molar-refractivity contribution in [2.75, 3.05) is 5.32 Å². The second-order valence-corrected chi connectivity index (χ2v) is 6.44. The summed E-state index contributed by atoms with van der Waals surface area (Å²) < 4.78 is 0. The summed E-state index contributed by atoms with van der Waals surface area (Å²) in [5.74, 6) is -1.03. The molecule has 2 N–H and O–H groups in total. The van der Waals surface area contributed by atoms with Gasteiger partial charge in [-0.3, -0.25) is 4.79 Å². The Balaban J connectivity index is 1.74. The topological polar surface area (TPSA) is 69.6 Å². The smallest absolute Gasteiger partial charge is 0.335 e. The zero-order chi connectivity index (χ0) is 18.8. The third kappa shape index (κ3) is 3.27. The lowest BCUT2D eigenvalue weighted by atomic mass is 10.0. The number of para-hydroxylation sites is 1. The normalized spacial score (nSPS) is 15.8. The summed E-state index contributed by atoms with van der Waals surface area (Å²) >= 11 is 0. The standard InChI is InChI=1S/C22H18N2O3/c25-21-18-8-4-5-9-19(18)23-20(16-10-12-17(13-11-16)22(26)27)24(21)14-15-6-2-1-3-7-15/h1-13,20,23H,14H2,(H,26,27)/t20-/m0/s1. The van der Waals surface area contributed by atoms with Crippen molar-refractivity contribution in [3.05, 3.63) is 101 Å². The van der Waals surface area contributed by atoms with Gasteiger partial charge in [-0.25, -0.2) is 4.79 Å². The first kappa shape index (κ1) is 16.8. The summed E-state index contributed by atoms with van der Waals surface area (Å²) in [5, 5.41) is 12.5. The van der Waals surface area contributed by atoms with Gasteiger partial charge in [0.15, 0.2) is 0 Å². The molecule has 5 nitrogen and oxygen atoms in total. The molecule has 0 saturated carbocycles. The Hall–Kier alpha value is -3.60. The highest BCUT2D eigenvalue weighted by Crippen LogP contribution is 2.34. The molecule has 0 spiro atoms. The van der Waals surface area contributed by atoms with Gasteiger partial charge in [-0.2, -0.15) is 0 Å².